The highest BCUT2D eigenvalue weighted by Gasteiger charge is 2.17. The van der Waals surface area contributed by atoms with Crippen molar-refractivity contribution in [2.24, 2.45) is 0 Å². The Hall–Kier alpha value is -3.12. The quantitative estimate of drug-likeness (QED) is 0.682. The molecule has 0 fully saturated rings. The van der Waals surface area contributed by atoms with Crippen molar-refractivity contribution < 1.29 is 9.53 Å². The molecule has 1 amide bonds. The summed E-state index contributed by atoms with van der Waals surface area (Å²) < 4.78 is 6.89. The predicted molar refractivity (Wildman–Crippen MR) is 114 cm³/mol. The molecule has 3 aromatic rings. The van der Waals surface area contributed by atoms with Crippen LogP contribution in [0.2, 0.25) is 5.02 Å². The van der Waals surface area contributed by atoms with Crippen LogP contribution in [-0.2, 0) is 4.79 Å². The zero-order valence-corrected chi connectivity index (χ0v) is 17.4. The lowest BCUT2D eigenvalue weighted by molar-refractivity contribution is -0.122. The predicted octanol–water partition coefficient (Wildman–Crippen LogP) is 4.22. The molecule has 1 atom stereocenters. The van der Waals surface area contributed by atoms with E-state index < -0.39 is 6.10 Å². The van der Waals surface area contributed by atoms with E-state index >= 15 is 0 Å². The summed E-state index contributed by atoms with van der Waals surface area (Å²) in [5.41, 5.74) is 4.00. The second-order valence-electron chi connectivity index (χ2n) is 6.90. The summed E-state index contributed by atoms with van der Waals surface area (Å²) in [5, 5.41) is 7.56. The highest BCUT2D eigenvalue weighted by atomic mass is 35.5. The van der Waals surface area contributed by atoms with Gasteiger partial charge >= 0.3 is 0 Å². The third kappa shape index (κ3) is 4.84. The van der Waals surface area contributed by atoms with Gasteiger partial charge in [-0.05, 0) is 68.7 Å². The van der Waals surface area contributed by atoms with Crippen LogP contribution >= 0.6 is 11.6 Å². The Kier molecular flexibility index (Phi) is 6.03. The Balaban J connectivity index is 1.79. The summed E-state index contributed by atoms with van der Waals surface area (Å²) in [6.45, 7) is 7.47. The van der Waals surface area contributed by atoms with E-state index in [1.165, 1.54) is 16.8 Å². The average Bonchev–Trinajstić information content (AvgIpc) is 2.68. The molecule has 1 aromatic heterocycles. The summed E-state index contributed by atoms with van der Waals surface area (Å²) in [5.74, 6) is -0.154. The van der Waals surface area contributed by atoms with Crippen LogP contribution in [0.4, 0.5) is 5.69 Å². The number of halogens is 1. The van der Waals surface area contributed by atoms with E-state index in [1.54, 1.807) is 25.1 Å². The van der Waals surface area contributed by atoms with Crippen molar-refractivity contribution in [3.8, 4) is 11.6 Å². The van der Waals surface area contributed by atoms with Crippen molar-refractivity contribution >= 4 is 23.2 Å². The third-order valence-corrected chi connectivity index (χ3v) is 4.85. The molecule has 6 nitrogen and oxygen atoms in total. The average molecular weight is 412 g/mol. The fourth-order valence-electron chi connectivity index (χ4n) is 2.74. The number of ether oxygens (including phenoxy) is 1. The molecule has 1 N–H and O–H groups in total. The van der Waals surface area contributed by atoms with Crippen molar-refractivity contribution in [2.45, 2.75) is 33.8 Å². The van der Waals surface area contributed by atoms with Gasteiger partial charge in [-0.1, -0.05) is 23.7 Å². The van der Waals surface area contributed by atoms with Crippen molar-refractivity contribution in [3.63, 3.8) is 0 Å². The number of carbonyl (C=O) groups is 1. The number of aryl methyl sites for hydroxylation is 3. The molecule has 1 heterocycles. The van der Waals surface area contributed by atoms with Crippen LogP contribution in [0.1, 0.15) is 23.6 Å². The molecule has 0 radical (unpaired) electrons. The van der Waals surface area contributed by atoms with Gasteiger partial charge in [-0.15, -0.1) is 5.10 Å². The second kappa shape index (κ2) is 8.49. The SMILES string of the molecule is Cc1ccc(NC(=O)C(C)Oc2ccc(=O)n(-c3cc(Cl)ccc3C)n2)cc1C. The lowest BCUT2D eigenvalue weighted by Gasteiger charge is -2.16. The van der Waals surface area contributed by atoms with Gasteiger partial charge in [0.05, 0.1) is 5.69 Å². The molecule has 0 saturated carbocycles. The van der Waals surface area contributed by atoms with E-state index in [0.717, 1.165) is 16.7 Å². The minimum Gasteiger partial charge on any atom is -0.463 e. The van der Waals surface area contributed by atoms with Crippen molar-refractivity contribution in [1.29, 1.82) is 0 Å². The van der Waals surface area contributed by atoms with Gasteiger partial charge in [0, 0.05) is 22.8 Å². The first kappa shape index (κ1) is 20.6. The van der Waals surface area contributed by atoms with Crippen LogP contribution in [0.3, 0.4) is 0 Å². The number of nitrogens with zero attached hydrogens (tertiary/aromatic N) is 2. The van der Waals surface area contributed by atoms with Crippen LogP contribution < -0.4 is 15.6 Å². The van der Waals surface area contributed by atoms with E-state index in [1.807, 2.05) is 39.0 Å². The molecule has 3 rings (SSSR count). The zero-order valence-electron chi connectivity index (χ0n) is 16.7. The van der Waals surface area contributed by atoms with E-state index in [2.05, 4.69) is 10.4 Å². The van der Waals surface area contributed by atoms with Crippen LogP contribution in [0, 0.1) is 20.8 Å². The van der Waals surface area contributed by atoms with Gasteiger partial charge in [0.1, 0.15) is 0 Å². The molecule has 0 aliphatic carbocycles. The molecule has 0 aliphatic heterocycles. The van der Waals surface area contributed by atoms with Crippen LogP contribution in [-0.4, -0.2) is 21.8 Å². The van der Waals surface area contributed by atoms with E-state index in [4.69, 9.17) is 16.3 Å². The topological polar surface area (TPSA) is 73.2 Å². The lowest BCUT2D eigenvalue weighted by atomic mass is 10.1. The number of nitrogens with one attached hydrogen (secondary N) is 1. The summed E-state index contributed by atoms with van der Waals surface area (Å²) in [7, 11) is 0. The van der Waals surface area contributed by atoms with Gasteiger partial charge < -0.3 is 10.1 Å². The van der Waals surface area contributed by atoms with Gasteiger partial charge in [0.15, 0.2) is 6.10 Å². The highest BCUT2D eigenvalue weighted by molar-refractivity contribution is 6.30. The van der Waals surface area contributed by atoms with Crippen LogP contribution in [0.5, 0.6) is 5.88 Å². The molecule has 7 heteroatoms. The van der Waals surface area contributed by atoms with Gasteiger partial charge in [0.2, 0.25) is 5.88 Å². The Bertz CT molecular complexity index is 1120. The monoisotopic (exact) mass is 411 g/mol. The van der Waals surface area contributed by atoms with Gasteiger partial charge in [-0.2, -0.15) is 4.68 Å². The minimum atomic E-state index is -0.810. The number of rotatable bonds is 5. The Labute approximate surface area is 174 Å². The largest absolute Gasteiger partial charge is 0.463 e. The maximum Gasteiger partial charge on any atom is 0.271 e. The summed E-state index contributed by atoms with van der Waals surface area (Å²) in [6.07, 6.45) is -0.810. The summed E-state index contributed by atoms with van der Waals surface area (Å²) >= 11 is 6.06. The van der Waals surface area contributed by atoms with Crippen molar-refractivity contribution in [2.75, 3.05) is 5.32 Å². The Morgan fingerprint density at radius 2 is 1.76 bits per heavy atom. The van der Waals surface area contributed by atoms with E-state index in [-0.39, 0.29) is 17.3 Å². The smallest absolute Gasteiger partial charge is 0.271 e. The fourth-order valence-corrected chi connectivity index (χ4v) is 2.90. The summed E-state index contributed by atoms with van der Waals surface area (Å²) in [4.78, 5) is 24.8. The number of benzene rings is 2. The number of amides is 1. The van der Waals surface area contributed by atoms with Gasteiger partial charge in [-0.25, -0.2) is 0 Å². The number of anilines is 1. The maximum atomic E-state index is 12.5. The molecule has 0 aliphatic rings. The molecule has 0 spiro atoms. The first-order chi connectivity index (χ1) is 13.7. The number of carbonyl (C=O) groups excluding carboxylic acids is 1. The molecule has 0 saturated heterocycles. The molecular formula is C22H22ClN3O3. The van der Waals surface area contributed by atoms with Gasteiger partial charge in [-0.3, -0.25) is 9.59 Å². The number of hydrogen-bond donors (Lipinski definition) is 1. The van der Waals surface area contributed by atoms with Crippen molar-refractivity contribution in [1.82, 2.24) is 9.78 Å². The van der Waals surface area contributed by atoms with E-state index in [9.17, 15) is 9.59 Å². The Morgan fingerprint density at radius 3 is 2.48 bits per heavy atom. The molecule has 150 valence electrons. The molecule has 2 aromatic carbocycles. The molecule has 1 unspecified atom stereocenters. The molecule has 0 bridgehead atoms. The van der Waals surface area contributed by atoms with Crippen LogP contribution in [0.15, 0.2) is 53.3 Å². The Morgan fingerprint density at radius 1 is 1.03 bits per heavy atom. The first-order valence-electron chi connectivity index (χ1n) is 9.16. The third-order valence-electron chi connectivity index (χ3n) is 4.62. The van der Waals surface area contributed by atoms with Crippen molar-refractivity contribution in [3.05, 3.63) is 80.6 Å². The maximum absolute atomic E-state index is 12.5. The standard InChI is InChI=1S/C22H22ClN3O3/c1-13-6-8-18(11-15(13)3)24-22(28)16(4)29-20-9-10-21(27)26(25-20)19-12-17(23)7-5-14(19)2/h5-12,16H,1-4H3,(H,24,28). The van der Waals surface area contributed by atoms with Crippen LogP contribution in [0.25, 0.3) is 5.69 Å². The lowest BCUT2D eigenvalue weighted by Crippen LogP contribution is -2.31. The number of hydrogen-bond acceptors (Lipinski definition) is 4. The summed E-state index contributed by atoms with van der Waals surface area (Å²) in [6, 6.07) is 13.7. The molecular weight excluding hydrogens is 390 g/mol. The van der Waals surface area contributed by atoms with E-state index in [0.29, 0.717) is 16.4 Å². The first-order valence-corrected chi connectivity index (χ1v) is 9.54. The van der Waals surface area contributed by atoms with Gasteiger partial charge in [0.25, 0.3) is 11.5 Å². The second-order valence-corrected chi connectivity index (χ2v) is 7.34. The normalized spacial score (nSPS) is 11.8. The fraction of sp³-hybridized carbons (Fsp3) is 0.227. The molecule has 29 heavy (non-hydrogen) atoms. The minimum absolute atomic E-state index is 0.159. The number of aromatic nitrogens is 2. The highest BCUT2D eigenvalue weighted by Crippen LogP contribution is 2.19. The zero-order chi connectivity index (χ0) is 21.1.